The van der Waals surface area contributed by atoms with E-state index in [0.29, 0.717) is 12.4 Å². The van der Waals surface area contributed by atoms with Crippen molar-refractivity contribution in [3.05, 3.63) is 51.8 Å². The van der Waals surface area contributed by atoms with E-state index in [-0.39, 0.29) is 5.95 Å². The van der Waals surface area contributed by atoms with Gasteiger partial charge in [0.25, 0.3) is 0 Å². The van der Waals surface area contributed by atoms with Crippen molar-refractivity contribution < 1.29 is 4.92 Å². The molecule has 0 atom stereocenters. The largest absolute Gasteiger partial charge is 0.491 e. The van der Waals surface area contributed by atoms with Gasteiger partial charge in [-0.3, -0.25) is 0 Å². The monoisotopic (exact) mass is 218 g/mol. The maximum Gasteiger partial charge on any atom is 0.491 e. The minimum Gasteiger partial charge on any atom is -0.390 e. The first-order chi connectivity index (χ1) is 7.66. The summed E-state index contributed by atoms with van der Waals surface area (Å²) in [5.41, 5.74) is 1.03. The van der Waals surface area contributed by atoms with Crippen molar-refractivity contribution in [2.75, 3.05) is 0 Å². The lowest BCUT2D eigenvalue weighted by Gasteiger charge is -1.98. The fourth-order valence-electron chi connectivity index (χ4n) is 1.39. The molecular weight excluding hydrogens is 208 g/mol. The summed E-state index contributed by atoms with van der Waals surface area (Å²) in [6, 6.07) is 9.62. The average Bonchev–Trinajstić information content (AvgIpc) is 2.62. The Morgan fingerprint density at radius 3 is 2.62 bits per heavy atom. The van der Waals surface area contributed by atoms with Crippen LogP contribution in [-0.4, -0.2) is 19.7 Å². The van der Waals surface area contributed by atoms with Gasteiger partial charge in [-0.05, 0) is 15.5 Å². The van der Waals surface area contributed by atoms with Gasteiger partial charge in [0, 0.05) is 12.0 Å². The standard InChI is InChI=1S/C10H10N4O2/c1-8-11-10(14(15)16)12-13(8)7-9-5-3-2-4-6-9/h2-6H,7H2,1H3. The van der Waals surface area contributed by atoms with Crippen molar-refractivity contribution in [2.24, 2.45) is 0 Å². The Morgan fingerprint density at radius 1 is 1.38 bits per heavy atom. The second-order valence-corrected chi connectivity index (χ2v) is 3.36. The van der Waals surface area contributed by atoms with Crippen LogP contribution in [-0.2, 0) is 6.54 Å². The molecule has 0 aliphatic heterocycles. The van der Waals surface area contributed by atoms with E-state index in [2.05, 4.69) is 10.1 Å². The van der Waals surface area contributed by atoms with Crippen LogP contribution in [0.5, 0.6) is 0 Å². The first-order valence-electron chi connectivity index (χ1n) is 4.76. The van der Waals surface area contributed by atoms with Crippen LogP contribution in [0.15, 0.2) is 30.3 Å². The third kappa shape index (κ3) is 2.05. The first-order valence-corrected chi connectivity index (χ1v) is 4.76. The van der Waals surface area contributed by atoms with E-state index in [1.807, 2.05) is 30.3 Å². The molecule has 0 saturated heterocycles. The summed E-state index contributed by atoms with van der Waals surface area (Å²) in [6.45, 7) is 2.19. The fourth-order valence-corrected chi connectivity index (χ4v) is 1.39. The minimum atomic E-state index is -0.589. The number of aryl methyl sites for hydroxylation is 1. The van der Waals surface area contributed by atoms with E-state index in [1.54, 1.807) is 6.92 Å². The van der Waals surface area contributed by atoms with E-state index >= 15 is 0 Å². The Morgan fingerprint density at radius 2 is 2.06 bits per heavy atom. The Bertz CT molecular complexity index is 507. The third-order valence-corrected chi connectivity index (χ3v) is 2.18. The molecule has 1 heterocycles. The van der Waals surface area contributed by atoms with Crippen molar-refractivity contribution in [2.45, 2.75) is 13.5 Å². The van der Waals surface area contributed by atoms with Gasteiger partial charge in [0.1, 0.15) is 0 Å². The van der Waals surface area contributed by atoms with Crippen LogP contribution in [0.4, 0.5) is 5.95 Å². The quantitative estimate of drug-likeness (QED) is 0.578. The molecule has 0 saturated carbocycles. The molecule has 0 amide bonds. The molecule has 16 heavy (non-hydrogen) atoms. The topological polar surface area (TPSA) is 73.8 Å². The summed E-state index contributed by atoms with van der Waals surface area (Å²) >= 11 is 0. The molecule has 6 nitrogen and oxygen atoms in total. The van der Waals surface area contributed by atoms with Gasteiger partial charge < -0.3 is 10.1 Å². The van der Waals surface area contributed by atoms with Gasteiger partial charge in [-0.25, -0.2) is 0 Å². The third-order valence-electron chi connectivity index (χ3n) is 2.18. The molecule has 0 N–H and O–H groups in total. The van der Waals surface area contributed by atoms with E-state index in [9.17, 15) is 10.1 Å². The smallest absolute Gasteiger partial charge is 0.390 e. The Kier molecular flexibility index (Phi) is 2.63. The van der Waals surface area contributed by atoms with Crippen LogP contribution in [0.1, 0.15) is 11.4 Å². The maximum absolute atomic E-state index is 10.5. The normalized spacial score (nSPS) is 10.3. The number of rotatable bonds is 3. The second-order valence-electron chi connectivity index (χ2n) is 3.36. The maximum atomic E-state index is 10.5. The molecule has 0 unspecified atom stereocenters. The molecule has 1 aromatic carbocycles. The molecule has 82 valence electrons. The van der Waals surface area contributed by atoms with Gasteiger partial charge in [-0.15, -0.1) is 0 Å². The molecule has 0 aliphatic rings. The molecule has 0 spiro atoms. The number of nitro groups is 1. The van der Waals surface area contributed by atoms with Gasteiger partial charge in [0.2, 0.25) is 5.82 Å². The number of benzene rings is 1. The molecule has 2 aromatic rings. The lowest BCUT2D eigenvalue weighted by molar-refractivity contribution is -0.394. The lowest BCUT2D eigenvalue weighted by Crippen LogP contribution is -2.04. The molecule has 2 rings (SSSR count). The van der Waals surface area contributed by atoms with E-state index in [4.69, 9.17) is 0 Å². The van der Waals surface area contributed by atoms with E-state index in [0.717, 1.165) is 5.56 Å². The van der Waals surface area contributed by atoms with Crippen LogP contribution in [0, 0.1) is 17.0 Å². The van der Waals surface area contributed by atoms with Crippen LogP contribution in [0.2, 0.25) is 0 Å². The van der Waals surface area contributed by atoms with Crippen molar-refractivity contribution in [3.8, 4) is 0 Å². The minimum absolute atomic E-state index is 0.353. The summed E-state index contributed by atoms with van der Waals surface area (Å²) < 4.78 is 1.52. The molecule has 0 bridgehead atoms. The Labute approximate surface area is 91.7 Å². The van der Waals surface area contributed by atoms with Crippen LogP contribution in [0.25, 0.3) is 0 Å². The van der Waals surface area contributed by atoms with Crippen LogP contribution in [0.3, 0.4) is 0 Å². The van der Waals surface area contributed by atoms with Crippen molar-refractivity contribution >= 4 is 5.95 Å². The Balaban J connectivity index is 2.25. The molecule has 6 heteroatoms. The van der Waals surface area contributed by atoms with Crippen molar-refractivity contribution in [1.29, 1.82) is 0 Å². The molecule has 0 aliphatic carbocycles. The van der Waals surface area contributed by atoms with Gasteiger partial charge >= 0.3 is 5.95 Å². The van der Waals surface area contributed by atoms with Gasteiger partial charge in [0.15, 0.2) is 0 Å². The van der Waals surface area contributed by atoms with Gasteiger partial charge in [0.05, 0.1) is 6.54 Å². The highest BCUT2D eigenvalue weighted by molar-refractivity contribution is 5.15. The summed E-state index contributed by atoms with van der Waals surface area (Å²) in [6.07, 6.45) is 0. The number of hydrogen-bond donors (Lipinski definition) is 0. The lowest BCUT2D eigenvalue weighted by atomic mass is 10.2. The summed E-state index contributed by atoms with van der Waals surface area (Å²) in [5, 5.41) is 14.3. The highest BCUT2D eigenvalue weighted by atomic mass is 16.6. The molecule has 1 aromatic heterocycles. The zero-order valence-electron chi connectivity index (χ0n) is 8.70. The van der Waals surface area contributed by atoms with E-state index < -0.39 is 4.92 Å². The van der Waals surface area contributed by atoms with Crippen LogP contribution >= 0.6 is 0 Å². The zero-order chi connectivity index (χ0) is 11.5. The highest BCUT2D eigenvalue weighted by Gasteiger charge is 2.17. The zero-order valence-corrected chi connectivity index (χ0v) is 8.70. The predicted octanol–water partition coefficient (Wildman–Crippen LogP) is 1.54. The average molecular weight is 218 g/mol. The highest BCUT2D eigenvalue weighted by Crippen LogP contribution is 2.08. The summed E-state index contributed by atoms with van der Waals surface area (Å²) in [7, 11) is 0. The molecule has 0 radical (unpaired) electrons. The fraction of sp³-hybridized carbons (Fsp3) is 0.200. The van der Waals surface area contributed by atoms with Crippen molar-refractivity contribution in [1.82, 2.24) is 14.8 Å². The Hall–Kier alpha value is -2.24. The summed E-state index contributed by atoms with van der Waals surface area (Å²) in [4.78, 5) is 13.7. The van der Waals surface area contributed by atoms with E-state index in [1.165, 1.54) is 4.68 Å². The summed E-state index contributed by atoms with van der Waals surface area (Å²) in [5.74, 6) is 0.184. The predicted molar refractivity (Wildman–Crippen MR) is 57.0 cm³/mol. The first kappa shape index (κ1) is 10.3. The van der Waals surface area contributed by atoms with Gasteiger partial charge in [-0.2, -0.15) is 4.68 Å². The second kappa shape index (κ2) is 4.09. The number of aromatic nitrogens is 3. The molecular formula is C10H10N4O2. The van der Waals surface area contributed by atoms with Crippen molar-refractivity contribution in [3.63, 3.8) is 0 Å². The number of hydrogen-bond acceptors (Lipinski definition) is 4. The SMILES string of the molecule is Cc1nc([N+](=O)[O-])nn1Cc1ccccc1. The van der Waals surface area contributed by atoms with Gasteiger partial charge in [-0.1, -0.05) is 30.3 Å². The molecule has 0 fully saturated rings. The van der Waals surface area contributed by atoms with Crippen LogP contribution < -0.4 is 0 Å². The number of nitrogens with zero attached hydrogens (tertiary/aromatic N) is 4.